The lowest BCUT2D eigenvalue weighted by molar-refractivity contribution is 0.00683. The number of halogens is 2. The van der Waals surface area contributed by atoms with Crippen LogP contribution in [0.3, 0.4) is 0 Å². The molecule has 2 atom stereocenters. The molecule has 2 aliphatic rings. The van der Waals surface area contributed by atoms with Crippen LogP contribution < -0.4 is 5.32 Å². The number of hydrogen-bond donors (Lipinski definition) is 1. The number of carbonyl (C=O) groups is 1. The number of carbonyl (C=O) groups excluding carboxylic acids is 1. The summed E-state index contributed by atoms with van der Waals surface area (Å²) in [5, 5.41) is 4.32. The zero-order valence-electron chi connectivity index (χ0n) is 14.3. The Balaban J connectivity index is 1.66. The fraction of sp³-hybridized carbons (Fsp3) is 0.611. The van der Waals surface area contributed by atoms with Gasteiger partial charge in [0.25, 0.3) is 0 Å². The normalized spacial score (nSPS) is 26.4. The molecule has 0 spiro atoms. The molecule has 0 aromatic heterocycles. The highest BCUT2D eigenvalue weighted by molar-refractivity contribution is 9.10. The molecule has 2 fully saturated rings. The Morgan fingerprint density at radius 1 is 1.29 bits per heavy atom. The van der Waals surface area contributed by atoms with Crippen molar-refractivity contribution in [2.75, 3.05) is 5.32 Å². The zero-order chi connectivity index (χ0) is 17.5. The maximum absolute atomic E-state index is 12.5. The first-order valence-corrected chi connectivity index (χ1v) is 9.63. The first-order chi connectivity index (χ1) is 11.2. The molecule has 2 aliphatic heterocycles. The van der Waals surface area contributed by atoms with E-state index in [1.807, 2.05) is 43.9 Å². The van der Waals surface area contributed by atoms with E-state index in [9.17, 15) is 4.79 Å². The molecular formula is C18H24BrClN2O2. The minimum absolute atomic E-state index is 0.166. The maximum Gasteiger partial charge on any atom is 0.410 e. The van der Waals surface area contributed by atoms with Crippen molar-refractivity contribution in [3.05, 3.63) is 27.7 Å². The van der Waals surface area contributed by atoms with E-state index in [1.54, 1.807) is 0 Å². The standard InChI is InChI=1S/C18H24BrClN2O2/c1-18(2,3)24-17(23)22-13-5-6-14(22)10-12(9-13)21-16-7-4-11(20)8-15(16)19/h4,7-8,12-14,21H,5-6,9-10H2,1-3H3. The van der Waals surface area contributed by atoms with Crippen molar-refractivity contribution in [2.24, 2.45) is 0 Å². The summed E-state index contributed by atoms with van der Waals surface area (Å²) < 4.78 is 6.56. The van der Waals surface area contributed by atoms with Crippen LogP contribution in [0.4, 0.5) is 10.5 Å². The molecule has 132 valence electrons. The number of rotatable bonds is 2. The Kier molecular flexibility index (Phi) is 5.03. The Bertz CT molecular complexity index is 618. The number of hydrogen-bond acceptors (Lipinski definition) is 3. The minimum atomic E-state index is -0.445. The summed E-state index contributed by atoms with van der Waals surface area (Å²) in [6.07, 6.45) is 3.85. The molecule has 2 unspecified atom stereocenters. The van der Waals surface area contributed by atoms with Crippen LogP contribution in [0.25, 0.3) is 0 Å². The van der Waals surface area contributed by atoms with E-state index in [0.717, 1.165) is 35.8 Å². The van der Waals surface area contributed by atoms with Crippen molar-refractivity contribution in [1.82, 2.24) is 4.90 Å². The average molecular weight is 416 g/mol. The molecule has 0 saturated carbocycles. The molecule has 1 aromatic rings. The Hall–Kier alpha value is -0.940. The van der Waals surface area contributed by atoms with Crippen LogP contribution in [0.5, 0.6) is 0 Å². The van der Waals surface area contributed by atoms with E-state index in [4.69, 9.17) is 16.3 Å². The molecule has 0 aliphatic carbocycles. The van der Waals surface area contributed by atoms with Crippen molar-refractivity contribution in [1.29, 1.82) is 0 Å². The van der Waals surface area contributed by atoms with Gasteiger partial charge in [0, 0.05) is 33.3 Å². The average Bonchev–Trinajstić information content (AvgIpc) is 2.72. The lowest BCUT2D eigenvalue weighted by Crippen LogP contribution is -2.51. The summed E-state index contributed by atoms with van der Waals surface area (Å²) >= 11 is 9.56. The number of benzene rings is 1. The summed E-state index contributed by atoms with van der Waals surface area (Å²) in [5.41, 5.74) is 0.606. The third-order valence-electron chi connectivity index (χ3n) is 4.63. The highest BCUT2D eigenvalue weighted by Gasteiger charge is 2.44. The van der Waals surface area contributed by atoms with E-state index < -0.39 is 5.60 Å². The largest absolute Gasteiger partial charge is 0.444 e. The number of piperidine rings is 1. The highest BCUT2D eigenvalue weighted by atomic mass is 79.9. The van der Waals surface area contributed by atoms with Crippen LogP contribution in [0, 0.1) is 0 Å². The molecule has 0 radical (unpaired) electrons. The van der Waals surface area contributed by atoms with Crippen molar-refractivity contribution in [2.45, 2.75) is 70.2 Å². The predicted octanol–water partition coefficient (Wildman–Crippen LogP) is 5.44. The number of anilines is 1. The van der Waals surface area contributed by atoms with Crippen LogP contribution in [-0.2, 0) is 4.74 Å². The zero-order valence-corrected chi connectivity index (χ0v) is 16.7. The van der Waals surface area contributed by atoms with Gasteiger partial charge in [-0.3, -0.25) is 0 Å². The quantitative estimate of drug-likeness (QED) is 0.699. The van der Waals surface area contributed by atoms with E-state index in [-0.39, 0.29) is 18.2 Å². The van der Waals surface area contributed by atoms with Gasteiger partial charge in [0.2, 0.25) is 0 Å². The summed E-state index contributed by atoms with van der Waals surface area (Å²) in [5.74, 6) is 0. The lowest BCUT2D eigenvalue weighted by Gasteiger charge is -2.40. The minimum Gasteiger partial charge on any atom is -0.444 e. The molecule has 6 heteroatoms. The summed E-state index contributed by atoms with van der Waals surface area (Å²) in [6, 6.07) is 6.67. The number of fused-ring (bicyclic) bond motifs is 2. The maximum atomic E-state index is 12.5. The van der Waals surface area contributed by atoms with E-state index in [0.29, 0.717) is 11.1 Å². The molecule has 4 nitrogen and oxygen atoms in total. The van der Waals surface area contributed by atoms with Crippen molar-refractivity contribution in [3.63, 3.8) is 0 Å². The molecule has 2 bridgehead atoms. The summed E-state index contributed by atoms with van der Waals surface area (Å²) in [6.45, 7) is 5.75. The highest BCUT2D eigenvalue weighted by Crippen LogP contribution is 2.38. The van der Waals surface area contributed by atoms with Gasteiger partial charge in [-0.25, -0.2) is 4.79 Å². The van der Waals surface area contributed by atoms with Crippen LogP contribution in [-0.4, -0.2) is 34.7 Å². The van der Waals surface area contributed by atoms with Gasteiger partial charge in [0.15, 0.2) is 0 Å². The van der Waals surface area contributed by atoms with E-state index in [2.05, 4.69) is 21.2 Å². The van der Waals surface area contributed by atoms with Crippen LogP contribution >= 0.6 is 27.5 Å². The fourth-order valence-electron chi connectivity index (χ4n) is 3.73. The third kappa shape index (κ3) is 3.99. The van der Waals surface area contributed by atoms with Crippen LogP contribution in [0.15, 0.2) is 22.7 Å². The van der Waals surface area contributed by atoms with Crippen molar-refractivity contribution >= 4 is 39.3 Å². The van der Waals surface area contributed by atoms with Gasteiger partial charge in [0.1, 0.15) is 5.60 Å². The number of ether oxygens (including phenoxy) is 1. The second kappa shape index (κ2) is 6.75. The molecule has 1 aromatic carbocycles. The first-order valence-electron chi connectivity index (χ1n) is 8.46. The third-order valence-corrected chi connectivity index (χ3v) is 5.52. The molecule has 1 amide bonds. The summed E-state index contributed by atoms with van der Waals surface area (Å²) in [4.78, 5) is 14.5. The van der Waals surface area contributed by atoms with Gasteiger partial charge in [0.05, 0.1) is 0 Å². The lowest BCUT2D eigenvalue weighted by atomic mass is 9.97. The van der Waals surface area contributed by atoms with Crippen molar-refractivity contribution < 1.29 is 9.53 Å². The molecular weight excluding hydrogens is 392 g/mol. The molecule has 3 rings (SSSR count). The second-order valence-electron chi connectivity index (χ2n) is 7.71. The van der Waals surface area contributed by atoms with Crippen molar-refractivity contribution in [3.8, 4) is 0 Å². The Morgan fingerprint density at radius 3 is 2.46 bits per heavy atom. The van der Waals surface area contributed by atoms with Gasteiger partial charge < -0.3 is 15.0 Å². The van der Waals surface area contributed by atoms with E-state index >= 15 is 0 Å². The number of amides is 1. The Morgan fingerprint density at radius 2 is 1.92 bits per heavy atom. The Labute approximate surface area is 157 Å². The van der Waals surface area contributed by atoms with Crippen LogP contribution in [0.2, 0.25) is 5.02 Å². The number of nitrogens with zero attached hydrogens (tertiary/aromatic N) is 1. The smallest absolute Gasteiger partial charge is 0.410 e. The molecule has 2 heterocycles. The van der Waals surface area contributed by atoms with Gasteiger partial charge in [-0.1, -0.05) is 11.6 Å². The molecule has 2 saturated heterocycles. The van der Waals surface area contributed by atoms with Gasteiger partial charge in [-0.15, -0.1) is 0 Å². The topological polar surface area (TPSA) is 41.6 Å². The molecule has 24 heavy (non-hydrogen) atoms. The monoisotopic (exact) mass is 414 g/mol. The first kappa shape index (κ1) is 17.9. The van der Waals surface area contributed by atoms with Gasteiger partial charge >= 0.3 is 6.09 Å². The summed E-state index contributed by atoms with van der Waals surface area (Å²) in [7, 11) is 0. The SMILES string of the molecule is CC(C)(C)OC(=O)N1C2CCC1CC(Nc1ccc(Cl)cc1Br)C2. The fourth-order valence-corrected chi connectivity index (χ4v) is 4.53. The predicted molar refractivity (Wildman–Crippen MR) is 101 cm³/mol. The van der Waals surface area contributed by atoms with Crippen LogP contribution in [0.1, 0.15) is 46.5 Å². The second-order valence-corrected chi connectivity index (χ2v) is 9.00. The number of nitrogens with one attached hydrogen (secondary N) is 1. The van der Waals surface area contributed by atoms with Gasteiger partial charge in [-0.2, -0.15) is 0 Å². The molecule has 1 N–H and O–H groups in total. The van der Waals surface area contributed by atoms with Gasteiger partial charge in [-0.05, 0) is 80.6 Å². The van der Waals surface area contributed by atoms with E-state index in [1.165, 1.54) is 0 Å².